The Balaban J connectivity index is 2.56. The highest BCUT2D eigenvalue weighted by atomic mass is 19.4. The number of hydrogen-bond donors (Lipinski definition) is 1. The van der Waals surface area contributed by atoms with Crippen LogP contribution in [0.1, 0.15) is 22.8 Å². The molecule has 0 radical (unpaired) electrons. The van der Waals surface area contributed by atoms with Gasteiger partial charge in [0, 0.05) is 0 Å². The number of alkyl halides is 3. The van der Waals surface area contributed by atoms with Crippen molar-refractivity contribution < 1.29 is 27.8 Å². The molecule has 1 atom stereocenters. The Labute approximate surface area is 95.8 Å². The monoisotopic (exact) mass is 248 g/mol. The lowest BCUT2D eigenvalue weighted by molar-refractivity contribution is -0.217. The fourth-order valence-electron chi connectivity index (χ4n) is 1.06. The summed E-state index contributed by atoms with van der Waals surface area (Å²) in [5.74, 6) is -1.08. The van der Waals surface area contributed by atoms with E-state index in [1.54, 1.807) is 0 Å². The van der Waals surface area contributed by atoms with Gasteiger partial charge in [-0.15, -0.1) is 0 Å². The zero-order chi connectivity index (χ0) is 13.1. The van der Waals surface area contributed by atoms with Crippen molar-refractivity contribution in [1.29, 1.82) is 0 Å². The van der Waals surface area contributed by atoms with Gasteiger partial charge in [-0.05, 0) is 24.6 Å². The van der Waals surface area contributed by atoms with E-state index in [9.17, 15) is 18.0 Å². The lowest BCUT2D eigenvalue weighted by Gasteiger charge is -2.16. The quantitative estimate of drug-likeness (QED) is 0.891. The van der Waals surface area contributed by atoms with E-state index in [1.807, 2.05) is 0 Å². The highest BCUT2D eigenvalue weighted by Gasteiger charge is 2.36. The molecule has 0 aliphatic heterocycles. The molecule has 0 saturated carbocycles. The number of carboxylic acid groups (broad SMARTS) is 1. The Morgan fingerprint density at radius 3 is 2.29 bits per heavy atom. The van der Waals surface area contributed by atoms with Crippen molar-refractivity contribution in [3.63, 3.8) is 0 Å². The molecule has 1 aromatic carbocycles. The molecule has 0 spiro atoms. The number of carboxylic acids is 1. The molecule has 94 valence electrons. The normalized spacial score (nSPS) is 13.4. The van der Waals surface area contributed by atoms with Gasteiger partial charge in [0.05, 0.1) is 12.2 Å². The van der Waals surface area contributed by atoms with Crippen LogP contribution in [0.25, 0.3) is 0 Å². The van der Waals surface area contributed by atoms with Gasteiger partial charge in [-0.2, -0.15) is 13.2 Å². The molecule has 3 nitrogen and oxygen atoms in total. The first-order valence-electron chi connectivity index (χ1n) is 4.81. The van der Waals surface area contributed by atoms with Crippen LogP contribution in [-0.4, -0.2) is 23.4 Å². The maximum Gasteiger partial charge on any atom is 0.414 e. The predicted octanol–water partition coefficient (Wildman–Crippen LogP) is 2.85. The number of halogens is 3. The second-order valence-electron chi connectivity index (χ2n) is 3.50. The van der Waals surface area contributed by atoms with Crippen molar-refractivity contribution in [2.45, 2.75) is 25.8 Å². The summed E-state index contributed by atoms with van der Waals surface area (Å²) < 4.78 is 41.0. The minimum absolute atomic E-state index is 0.0811. The highest BCUT2D eigenvalue weighted by Crippen LogP contribution is 2.23. The Kier molecular flexibility index (Phi) is 4.11. The molecule has 6 heteroatoms. The van der Waals surface area contributed by atoms with Gasteiger partial charge in [-0.3, -0.25) is 0 Å². The van der Waals surface area contributed by atoms with E-state index < -0.39 is 18.2 Å². The van der Waals surface area contributed by atoms with Crippen molar-refractivity contribution in [2.75, 3.05) is 0 Å². The predicted molar refractivity (Wildman–Crippen MR) is 53.7 cm³/mol. The molecule has 0 amide bonds. The third-order valence-electron chi connectivity index (χ3n) is 2.16. The van der Waals surface area contributed by atoms with E-state index >= 15 is 0 Å². The first-order chi connectivity index (χ1) is 7.80. The SMILES string of the molecule is CC(OCc1ccc(C(=O)O)cc1)C(F)(F)F. The molecule has 0 aliphatic rings. The molecule has 0 fully saturated rings. The van der Waals surface area contributed by atoms with Crippen molar-refractivity contribution in [3.8, 4) is 0 Å². The van der Waals surface area contributed by atoms with Crippen LogP contribution in [0.2, 0.25) is 0 Å². The molecule has 1 rings (SSSR count). The minimum Gasteiger partial charge on any atom is -0.478 e. The molecule has 17 heavy (non-hydrogen) atoms. The average Bonchev–Trinajstić information content (AvgIpc) is 2.25. The number of ether oxygens (including phenoxy) is 1. The summed E-state index contributed by atoms with van der Waals surface area (Å²) in [5.41, 5.74) is 0.573. The lowest BCUT2D eigenvalue weighted by Crippen LogP contribution is -2.28. The summed E-state index contributed by atoms with van der Waals surface area (Å²) in [6, 6.07) is 5.48. The van der Waals surface area contributed by atoms with Gasteiger partial charge in [0.1, 0.15) is 0 Å². The van der Waals surface area contributed by atoms with Gasteiger partial charge in [0.25, 0.3) is 0 Å². The summed E-state index contributed by atoms with van der Waals surface area (Å²) in [6.45, 7) is 0.714. The molecular weight excluding hydrogens is 237 g/mol. The van der Waals surface area contributed by atoms with E-state index in [4.69, 9.17) is 5.11 Å². The molecule has 0 saturated heterocycles. The second kappa shape index (κ2) is 5.18. The molecule has 1 N–H and O–H groups in total. The first kappa shape index (κ1) is 13.5. The average molecular weight is 248 g/mol. The van der Waals surface area contributed by atoms with Gasteiger partial charge >= 0.3 is 12.1 Å². The van der Waals surface area contributed by atoms with Gasteiger partial charge < -0.3 is 9.84 Å². The van der Waals surface area contributed by atoms with Crippen LogP contribution in [0.5, 0.6) is 0 Å². The van der Waals surface area contributed by atoms with Crippen LogP contribution in [0, 0.1) is 0 Å². The Bertz CT molecular complexity index is 384. The molecule has 0 aliphatic carbocycles. The van der Waals surface area contributed by atoms with Crippen LogP contribution in [0.3, 0.4) is 0 Å². The number of carbonyl (C=O) groups is 1. The molecular formula is C11H11F3O3. The summed E-state index contributed by atoms with van der Waals surface area (Å²) >= 11 is 0. The maximum atomic E-state index is 12.1. The highest BCUT2D eigenvalue weighted by molar-refractivity contribution is 5.87. The van der Waals surface area contributed by atoms with Crippen LogP contribution in [0.4, 0.5) is 13.2 Å². The van der Waals surface area contributed by atoms with E-state index in [-0.39, 0.29) is 12.2 Å². The summed E-state index contributed by atoms with van der Waals surface area (Å²) in [5, 5.41) is 8.62. The van der Waals surface area contributed by atoms with Gasteiger partial charge in [-0.1, -0.05) is 12.1 Å². The third kappa shape index (κ3) is 4.07. The zero-order valence-corrected chi connectivity index (χ0v) is 8.99. The number of rotatable bonds is 4. The van der Waals surface area contributed by atoms with E-state index in [0.717, 1.165) is 6.92 Å². The van der Waals surface area contributed by atoms with Gasteiger partial charge in [0.15, 0.2) is 6.10 Å². The van der Waals surface area contributed by atoms with Crippen LogP contribution in [0.15, 0.2) is 24.3 Å². The van der Waals surface area contributed by atoms with Crippen LogP contribution < -0.4 is 0 Å². The molecule has 0 bridgehead atoms. The minimum atomic E-state index is -4.39. The Morgan fingerprint density at radius 2 is 1.88 bits per heavy atom. The fourth-order valence-corrected chi connectivity index (χ4v) is 1.06. The Morgan fingerprint density at radius 1 is 1.35 bits per heavy atom. The molecule has 1 aromatic rings. The molecule has 0 aromatic heterocycles. The zero-order valence-electron chi connectivity index (χ0n) is 8.99. The molecule has 0 heterocycles. The van der Waals surface area contributed by atoms with Crippen molar-refractivity contribution >= 4 is 5.97 Å². The Hall–Kier alpha value is -1.56. The van der Waals surface area contributed by atoms with Gasteiger partial charge in [0.2, 0.25) is 0 Å². The number of hydrogen-bond acceptors (Lipinski definition) is 2. The van der Waals surface area contributed by atoms with Crippen molar-refractivity contribution in [1.82, 2.24) is 0 Å². The smallest absolute Gasteiger partial charge is 0.414 e. The summed E-state index contributed by atoms with van der Waals surface area (Å²) in [6.07, 6.45) is -6.23. The van der Waals surface area contributed by atoms with E-state index in [0.29, 0.717) is 5.56 Å². The maximum absolute atomic E-state index is 12.1. The van der Waals surface area contributed by atoms with Crippen LogP contribution in [-0.2, 0) is 11.3 Å². The van der Waals surface area contributed by atoms with Gasteiger partial charge in [-0.25, -0.2) is 4.79 Å². The van der Waals surface area contributed by atoms with E-state index in [1.165, 1.54) is 24.3 Å². The van der Waals surface area contributed by atoms with Crippen molar-refractivity contribution in [2.24, 2.45) is 0 Å². The number of benzene rings is 1. The number of aromatic carboxylic acids is 1. The first-order valence-corrected chi connectivity index (χ1v) is 4.81. The van der Waals surface area contributed by atoms with E-state index in [2.05, 4.69) is 4.74 Å². The summed E-state index contributed by atoms with van der Waals surface area (Å²) in [7, 11) is 0. The molecule has 1 unspecified atom stereocenters. The lowest BCUT2D eigenvalue weighted by atomic mass is 10.1. The fraction of sp³-hybridized carbons (Fsp3) is 0.364. The standard InChI is InChI=1S/C11H11F3O3/c1-7(11(12,13)14)17-6-8-2-4-9(5-3-8)10(15)16/h2-5,7H,6H2,1H3,(H,15,16). The topological polar surface area (TPSA) is 46.5 Å². The van der Waals surface area contributed by atoms with Crippen molar-refractivity contribution in [3.05, 3.63) is 35.4 Å². The second-order valence-corrected chi connectivity index (χ2v) is 3.50. The van der Waals surface area contributed by atoms with Crippen LogP contribution >= 0.6 is 0 Å². The summed E-state index contributed by atoms with van der Waals surface area (Å²) in [4.78, 5) is 10.5. The largest absolute Gasteiger partial charge is 0.478 e. The third-order valence-corrected chi connectivity index (χ3v) is 2.16.